The van der Waals surface area contributed by atoms with E-state index >= 15 is 0 Å². The molecular formula is C14H22N4O. The fourth-order valence-electron chi connectivity index (χ4n) is 2.25. The van der Waals surface area contributed by atoms with Crippen molar-refractivity contribution in [3.8, 4) is 0 Å². The van der Waals surface area contributed by atoms with Gasteiger partial charge in [0.05, 0.1) is 18.3 Å². The molecule has 1 aromatic rings. The van der Waals surface area contributed by atoms with Crippen LogP contribution in [-0.2, 0) is 11.2 Å². The number of pyridine rings is 1. The molecule has 0 saturated carbocycles. The fraction of sp³-hybridized carbons (Fsp3) is 0.571. The number of likely N-dealkylation sites (N-methyl/N-ethyl adjacent to an activating group) is 1. The van der Waals surface area contributed by atoms with Crippen LogP contribution in [0.1, 0.15) is 18.5 Å². The van der Waals surface area contributed by atoms with Crippen LogP contribution in [-0.4, -0.2) is 53.9 Å². The van der Waals surface area contributed by atoms with Crippen molar-refractivity contribution in [2.24, 2.45) is 0 Å². The summed E-state index contributed by atoms with van der Waals surface area (Å²) in [6, 6.07) is 3.58. The number of nitrogens with zero attached hydrogens (tertiary/aromatic N) is 3. The monoisotopic (exact) mass is 262 g/mol. The maximum absolute atomic E-state index is 12.0. The molecule has 2 N–H and O–H groups in total. The van der Waals surface area contributed by atoms with Crippen LogP contribution < -0.4 is 5.73 Å². The van der Waals surface area contributed by atoms with Gasteiger partial charge in [0.25, 0.3) is 0 Å². The van der Waals surface area contributed by atoms with Crippen LogP contribution in [0.2, 0.25) is 0 Å². The molecule has 0 aromatic carbocycles. The van der Waals surface area contributed by atoms with Gasteiger partial charge in [-0.3, -0.25) is 9.78 Å². The lowest BCUT2D eigenvalue weighted by Crippen LogP contribution is -2.36. The first-order valence-electron chi connectivity index (χ1n) is 6.82. The van der Waals surface area contributed by atoms with E-state index in [9.17, 15) is 4.79 Å². The summed E-state index contributed by atoms with van der Waals surface area (Å²) in [7, 11) is 1.86. The Kier molecular flexibility index (Phi) is 4.74. The number of hydrogen-bond donors (Lipinski definition) is 1. The largest absolute Gasteiger partial charge is 0.397 e. The van der Waals surface area contributed by atoms with Crippen molar-refractivity contribution in [3.05, 3.63) is 24.0 Å². The molecule has 104 valence electrons. The van der Waals surface area contributed by atoms with Gasteiger partial charge < -0.3 is 15.5 Å². The van der Waals surface area contributed by atoms with Crippen molar-refractivity contribution in [3.63, 3.8) is 0 Å². The van der Waals surface area contributed by atoms with E-state index in [0.29, 0.717) is 12.1 Å². The summed E-state index contributed by atoms with van der Waals surface area (Å²) >= 11 is 0. The molecule has 5 heteroatoms. The predicted molar refractivity (Wildman–Crippen MR) is 75.7 cm³/mol. The smallest absolute Gasteiger partial charge is 0.228 e. The van der Waals surface area contributed by atoms with Crippen molar-refractivity contribution in [2.75, 3.05) is 39.0 Å². The molecule has 1 fully saturated rings. The van der Waals surface area contributed by atoms with Gasteiger partial charge in [-0.15, -0.1) is 0 Å². The van der Waals surface area contributed by atoms with E-state index in [0.717, 1.165) is 18.8 Å². The van der Waals surface area contributed by atoms with Crippen LogP contribution in [0.4, 0.5) is 5.69 Å². The number of carbonyl (C=O) groups excluding carboxylic acids is 1. The maximum atomic E-state index is 12.0. The molecule has 0 spiro atoms. The predicted octanol–water partition coefficient (Wildman–Crippen LogP) is 0.760. The molecule has 1 saturated heterocycles. The first-order chi connectivity index (χ1) is 9.15. The number of amides is 1. The van der Waals surface area contributed by atoms with E-state index < -0.39 is 0 Å². The van der Waals surface area contributed by atoms with Crippen molar-refractivity contribution in [2.45, 2.75) is 19.3 Å². The summed E-state index contributed by atoms with van der Waals surface area (Å²) in [6.45, 7) is 4.09. The zero-order valence-electron chi connectivity index (χ0n) is 11.5. The lowest BCUT2D eigenvalue weighted by atomic mass is 10.2. The molecule has 0 unspecified atom stereocenters. The quantitative estimate of drug-likeness (QED) is 0.851. The van der Waals surface area contributed by atoms with Gasteiger partial charge >= 0.3 is 0 Å². The molecule has 0 aliphatic carbocycles. The van der Waals surface area contributed by atoms with Gasteiger partial charge in [0.2, 0.25) is 5.91 Å². The topological polar surface area (TPSA) is 62.5 Å². The standard InChI is InChI=1S/C14H22N4O/c1-17(8-9-18-6-2-3-7-18)14(19)10-13-5-4-12(15)11-16-13/h4-5,11H,2-3,6-10,15H2,1H3. The highest BCUT2D eigenvalue weighted by molar-refractivity contribution is 5.78. The SMILES string of the molecule is CN(CCN1CCCC1)C(=O)Cc1ccc(N)cn1. The number of hydrogen-bond acceptors (Lipinski definition) is 4. The molecule has 0 radical (unpaired) electrons. The Bertz CT molecular complexity index is 412. The van der Waals surface area contributed by atoms with E-state index in [1.54, 1.807) is 17.2 Å². The molecule has 2 rings (SSSR count). The minimum atomic E-state index is 0.108. The minimum absolute atomic E-state index is 0.108. The van der Waals surface area contributed by atoms with Crippen molar-refractivity contribution >= 4 is 11.6 Å². The van der Waals surface area contributed by atoms with Crippen LogP contribution >= 0.6 is 0 Å². The lowest BCUT2D eigenvalue weighted by molar-refractivity contribution is -0.129. The zero-order valence-corrected chi connectivity index (χ0v) is 11.5. The summed E-state index contributed by atoms with van der Waals surface area (Å²) in [5.74, 6) is 0.108. The van der Waals surface area contributed by atoms with E-state index in [1.807, 2.05) is 13.1 Å². The van der Waals surface area contributed by atoms with E-state index in [-0.39, 0.29) is 5.91 Å². The normalized spacial score (nSPS) is 15.6. The average molecular weight is 262 g/mol. The Hall–Kier alpha value is -1.62. The highest BCUT2D eigenvalue weighted by Crippen LogP contribution is 2.07. The molecule has 19 heavy (non-hydrogen) atoms. The molecule has 1 amide bonds. The second kappa shape index (κ2) is 6.52. The molecular weight excluding hydrogens is 240 g/mol. The van der Waals surface area contributed by atoms with Crippen molar-refractivity contribution in [1.82, 2.24) is 14.8 Å². The molecule has 5 nitrogen and oxygen atoms in total. The van der Waals surface area contributed by atoms with E-state index in [1.165, 1.54) is 25.9 Å². The van der Waals surface area contributed by atoms with Gasteiger partial charge in [-0.25, -0.2) is 0 Å². The number of likely N-dealkylation sites (tertiary alicyclic amines) is 1. The van der Waals surface area contributed by atoms with Gasteiger partial charge in [-0.1, -0.05) is 0 Å². The Morgan fingerprint density at radius 1 is 1.42 bits per heavy atom. The van der Waals surface area contributed by atoms with Gasteiger partial charge in [-0.05, 0) is 38.1 Å². The number of carbonyl (C=O) groups is 1. The molecule has 1 aromatic heterocycles. The van der Waals surface area contributed by atoms with E-state index in [4.69, 9.17) is 5.73 Å². The number of anilines is 1. The molecule has 1 aliphatic heterocycles. The van der Waals surface area contributed by atoms with Gasteiger partial charge in [0.1, 0.15) is 0 Å². The lowest BCUT2D eigenvalue weighted by Gasteiger charge is -2.21. The number of nitrogen functional groups attached to an aromatic ring is 1. The maximum Gasteiger partial charge on any atom is 0.228 e. The summed E-state index contributed by atoms with van der Waals surface area (Å²) in [6.07, 6.45) is 4.50. The molecule has 1 aliphatic rings. The highest BCUT2D eigenvalue weighted by atomic mass is 16.2. The first kappa shape index (κ1) is 13.8. The Morgan fingerprint density at radius 3 is 2.79 bits per heavy atom. The average Bonchev–Trinajstić information content (AvgIpc) is 2.91. The van der Waals surface area contributed by atoms with Crippen molar-refractivity contribution in [1.29, 1.82) is 0 Å². The first-order valence-corrected chi connectivity index (χ1v) is 6.82. The third-order valence-corrected chi connectivity index (χ3v) is 3.56. The number of aromatic nitrogens is 1. The van der Waals surface area contributed by atoms with E-state index in [2.05, 4.69) is 9.88 Å². The Balaban J connectivity index is 1.76. The van der Waals surface area contributed by atoms with Gasteiger partial charge in [0.15, 0.2) is 0 Å². The zero-order chi connectivity index (χ0) is 13.7. The Labute approximate surface area is 114 Å². The third-order valence-electron chi connectivity index (χ3n) is 3.56. The summed E-state index contributed by atoms with van der Waals surface area (Å²) in [4.78, 5) is 20.4. The molecule has 2 heterocycles. The minimum Gasteiger partial charge on any atom is -0.397 e. The fourth-order valence-corrected chi connectivity index (χ4v) is 2.25. The third kappa shape index (κ3) is 4.21. The van der Waals surface area contributed by atoms with Crippen LogP contribution in [0.3, 0.4) is 0 Å². The highest BCUT2D eigenvalue weighted by Gasteiger charge is 2.14. The van der Waals surface area contributed by atoms with Crippen LogP contribution in [0.25, 0.3) is 0 Å². The van der Waals surface area contributed by atoms with Crippen LogP contribution in [0.15, 0.2) is 18.3 Å². The summed E-state index contributed by atoms with van der Waals surface area (Å²) < 4.78 is 0. The van der Waals surface area contributed by atoms with Gasteiger partial charge in [0, 0.05) is 25.8 Å². The van der Waals surface area contributed by atoms with Crippen LogP contribution in [0, 0.1) is 0 Å². The summed E-state index contributed by atoms with van der Waals surface area (Å²) in [5.41, 5.74) is 6.97. The second-order valence-corrected chi connectivity index (χ2v) is 5.12. The molecule has 0 bridgehead atoms. The number of rotatable bonds is 5. The number of nitrogens with two attached hydrogens (primary N) is 1. The summed E-state index contributed by atoms with van der Waals surface area (Å²) in [5, 5.41) is 0. The molecule has 0 atom stereocenters. The van der Waals surface area contributed by atoms with Crippen molar-refractivity contribution < 1.29 is 4.79 Å². The Morgan fingerprint density at radius 2 is 2.16 bits per heavy atom. The van der Waals surface area contributed by atoms with Gasteiger partial charge in [-0.2, -0.15) is 0 Å². The van der Waals surface area contributed by atoms with Crippen LogP contribution in [0.5, 0.6) is 0 Å². The second-order valence-electron chi connectivity index (χ2n) is 5.12.